The van der Waals surface area contributed by atoms with Gasteiger partial charge in [0.25, 0.3) is 0 Å². The van der Waals surface area contributed by atoms with Gasteiger partial charge in [-0.3, -0.25) is 4.90 Å². The van der Waals surface area contributed by atoms with E-state index >= 15 is 0 Å². The van der Waals surface area contributed by atoms with Crippen molar-refractivity contribution in [2.75, 3.05) is 32.8 Å². The van der Waals surface area contributed by atoms with E-state index < -0.39 is 29.5 Å². The van der Waals surface area contributed by atoms with Gasteiger partial charge in [-0.05, 0) is 65.6 Å². The summed E-state index contributed by atoms with van der Waals surface area (Å²) in [5.41, 5.74) is 2.32. The Morgan fingerprint density at radius 1 is 0.932 bits per heavy atom. The van der Waals surface area contributed by atoms with E-state index in [4.69, 9.17) is 14.2 Å². The third-order valence-electron chi connectivity index (χ3n) is 8.40. The molecule has 1 heterocycles. The molecule has 1 N–H and O–H groups in total. The zero-order valence-corrected chi connectivity index (χ0v) is 25.7. The first kappa shape index (κ1) is 31.9. The molecule has 0 radical (unpaired) electrons. The third kappa shape index (κ3) is 7.93. The minimum atomic E-state index is -1.16. The monoisotopic (exact) mass is 610 g/mol. The minimum absolute atomic E-state index is 0.0253. The van der Waals surface area contributed by atoms with Gasteiger partial charge < -0.3 is 19.5 Å². The second-order valence-electron chi connectivity index (χ2n) is 12.7. The van der Waals surface area contributed by atoms with Crippen LogP contribution in [-0.2, 0) is 27.9 Å². The number of ether oxygens (including phenoxy) is 3. The topological polar surface area (TPSA) is 60.0 Å². The van der Waals surface area contributed by atoms with Gasteiger partial charge in [0.2, 0.25) is 0 Å². The molecule has 1 aliphatic heterocycles. The van der Waals surface area contributed by atoms with Crippen LogP contribution in [0.3, 0.4) is 0 Å². The average molecular weight is 611 g/mol. The van der Waals surface area contributed by atoms with Crippen molar-refractivity contribution in [3.05, 3.63) is 94.8 Å². The van der Waals surface area contributed by atoms with Crippen LogP contribution >= 0.6 is 0 Å². The van der Waals surface area contributed by atoms with Crippen LogP contribution in [0.15, 0.2) is 60.7 Å². The molecule has 2 aliphatic rings. The molecule has 6 nitrogen and oxygen atoms in total. The van der Waals surface area contributed by atoms with Crippen molar-refractivity contribution in [1.82, 2.24) is 10.2 Å². The summed E-state index contributed by atoms with van der Waals surface area (Å²) >= 11 is 0. The first-order chi connectivity index (χ1) is 21.0. The van der Waals surface area contributed by atoms with Gasteiger partial charge in [0.05, 0.1) is 6.61 Å². The molecule has 3 aromatic rings. The number of carbonyl (C=O) groups is 1. The molecule has 4 atom stereocenters. The summed E-state index contributed by atoms with van der Waals surface area (Å²) in [6.45, 7) is 11.5. The van der Waals surface area contributed by atoms with E-state index in [-0.39, 0.29) is 24.1 Å². The maximum Gasteiger partial charge on any atom is 0.347 e. The molecular weight excluding hydrogens is 569 g/mol. The molecule has 2 fully saturated rings. The largest absolute Gasteiger partial charge is 0.492 e. The van der Waals surface area contributed by atoms with Crippen LogP contribution in [0.1, 0.15) is 44.4 Å². The van der Waals surface area contributed by atoms with E-state index in [2.05, 4.69) is 31.0 Å². The molecule has 0 bridgehead atoms. The molecule has 5 rings (SSSR count). The Balaban J connectivity index is 1.04. The van der Waals surface area contributed by atoms with Crippen LogP contribution in [0, 0.1) is 29.3 Å². The van der Waals surface area contributed by atoms with Crippen LogP contribution in [0.25, 0.3) is 0 Å². The maximum absolute atomic E-state index is 14.0. The van der Waals surface area contributed by atoms with Gasteiger partial charge in [-0.1, -0.05) is 45.0 Å². The number of nitrogens with one attached hydrogen (secondary N) is 1. The number of hydrogen-bond donors (Lipinski definition) is 1. The normalized spacial score (nSPS) is 20.2. The lowest BCUT2D eigenvalue weighted by Gasteiger charge is -2.21. The number of hydrogen-bond acceptors (Lipinski definition) is 6. The molecular formula is C35H41F3N2O4. The number of benzene rings is 3. The Morgan fingerprint density at radius 2 is 1.57 bits per heavy atom. The first-order valence-electron chi connectivity index (χ1n) is 15.3. The van der Waals surface area contributed by atoms with Gasteiger partial charge in [-0.2, -0.15) is 0 Å². The van der Waals surface area contributed by atoms with Crippen molar-refractivity contribution in [3.8, 4) is 11.5 Å². The van der Waals surface area contributed by atoms with Crippen LogP contribution in [-0.4, -0.2) is 55.9 Å². The highest BCUT2D eigenvalue weighted by molar-refractivity contribution is 5.75. The number of rotatable bonds is 13. The van der Waals surface area contributed by atoms with Gasteiger partial charge in [0.15, 0.2) is 17.7 Å². The summed E-state index contributed by atoms with van der Waals surface area (Å²) in [4.78, 5) is 14.8. The minimum Gasteiger partial charge on any atom is -0.492 e. The van der Waals surface area contributed by atoms with Crippen molar-refractivity contribution in [3.63, 3.8) is 0 Å². The number of halogens is 3. The maximum atomic E-state index is 14.0. The molecule has 44 heavy (non-hydrogen) atoms. The van der Waals surface area contributed by atoms with Crippen molar-refractivity contribution >= 4 is 5.97 Å². The highest BCUT2D eigenvalue weighted by Crippen LogP contribution is 2.45. The number of carbonyl (C=O) groups excluding carboxylic acids is 1. The highest BCUT2D eigenvalue weighted by Gasteiger charge is 2.55. The van der Waals surface area contributed by atoms with Gasteiger partial charge in [-0.25, -0.2) is 18.0 Å². The van der Waals surface area contributed by atoms with E-state index in [0.717, 1.165) is 30.5 Å². The quantitative estimate of drug-likeness (QED) is 0.144. The summed E-state index contributed by atoms with van der Waals surface area (Å²) in [5.74, 6) is -1.01. The molecule has 1 unspecified atom stereocenters. The number of nitrogens with zero attached hydrogens (tertiary/aromatic N) is 1. The summed E-state index contributed by atoms with van der Waals surface area (Å²) in [5, 5.41) is 3.53. The standard InChI is InChI=1S/C35H41F3N2O4/c1-5-42-34(41)32(44-26-12-8-24(9-13-26)35(2,3)4)16-22-6-10-25(11-7-22)43-15-14-39-33-27-20-40(21-28(27)33)19-23-17-30(37)31(38)18-29(23)36/h6-13,17-18,27-28,32-33,39H,5,14-16,19-21H2,1-4H3/t27-,28+,32-,33?/m0/s1. The number of fused-ring (bicyclic) bond motifs is 1. The SMILES string of the molecule is CCOC(=O)[C@H](Cc1ccc(OCCNC2[C@H]3CN(Cc4cc(F)c(F)cc4F)C[C@@H]23)cc1)Oc1ccc(C(C)(C)C)cc1. The summed E-state index contributed by atoms with van der Waals surface area (Å²) in [7, 11) is 0. The Labute approximate surface area is 257 Å². The fourth-order valence-corrected chi connectivity index (χ4v) is 5.91. The Bertz CT molecular complexity index is 1410. The van der Waals surface area contributed by atoms with Gasteiger partial charge in [0, 0.05) is 50.3 Å². The van der Waals surface area contributed by atoms with Crippen LogP contribution in [0.5, 0.6) is 11.5 Å². The van der Waals surface area contributed by atoms with Crippen LogP contribution in [0.4, 0.5) is 13.2 Å². The first-order valence-corrected chi connectivity index (χ1v) is 15.3. The fourth-order valence-electron chi connectivity index (χ4n) is 5.91. The smallest absolute Gasteiger partial charge is 0.347 e. The number of esters is 1. The van der Waals surface area contributed by atoms with Crippen LogP contribution < -0.4 is 14.8 Å². The Hall–Kier alpha value is -3.56. The highest BCUT2D eigenvalue weighted by atomic mass is 19.2. The summed E-state index contributed by atoms with van der Waals surface area (Å²) < 4.78 is 57.9. The van der Waals surface area contributed by atoms with E-state index in [1.54, 1.807) is 6.92 Å². The molecule has 3 aromatic carbocycles. The summed E-state index contributed by atoms with van der Waals surface area (Å²) in [6.07, 6.45) is -0.400. The van der Waals surface area contributed by atoms with E-state index in [9.17, 15) is 18.0 Å². The second-order valence-corrected chi connectivity index (χ2v) is 12.7. The molecule has 1 saturated heterocycles. The molecule has 236 valence electrons. The van der Waals surface area contributed by atoms with Gasteiger partial charge in [-0.15, -0.1) is 0 Å². The molecule has 1 saturated carbocycles. The average Bonchev–Trinajstić information content (AvgIpc) is 3.43. The predicted octanol–water partition coefficient (Wildman–Crippen LogP) is 6.05. The summed E-state index contributed by atoms with van der Waals surface area (Å²) in [6, 6.07) is 17.4. The van der Waals surface area contributed by atoms with Crippen molar-refractivity contribution < 1.29 is 32.2 Å². The predicted molar refractivity (Wildman–Crippen MR) is 162 cm³/mol. The fraction of sp³-hybridized carbons (Fsp3) is 0.457. The number of likely N-dealkylation sites (tertiary alicyclic amines) is 1. The van der Waals surface area contributed by atoms with Crippen molar-refractivity contribution in [2.45, 2.75) is 58.2 Å². The van der Waals surface area contributed by atoms with Crippen molar-refractivity contribution in [1.29, 1.82) is 0 Å². The molecule has 9 heteroatoms. The molecule has 0 spiro atoms. The second kappa shape index (κ2) is 13.6. The van der Waals surface area contributed by atoms with Gasteiger partial charge >= 0.3 is 5.97 Å². The molecule has 1 aliphatic carbocycles. The van der Waals surface area contributed by atoms with E-state index in [1.165, 1.54) is 5.56 Å². The third-order valence-corrected chi connectivity index (χ3v) is 8.40. The van der Waals surface area contributed by atoms with E-state index in [0.29, 0.717) is 49.3 Å². The number of piperidine rings is 1. The Kier molecular flexibility index (Phi) is 9.85. The molecule has 0 amide bonds. The Morgan fingerprint density at radius 3 is 2.20 bits per heavy atom. The van der Waals surface area contributed by atoms with Crippen LogP contribution in [0.2, 0.25) is 0 Å². The zero-order valence-electron chi connectivity index (χ0n) is 25.7. The lowest BCUT2D eigenvalue weighted by Crippen LogP contribution is -2.33. The zero-order chi connectivity index (χ0) is 31.4. The van der Waals surface area contributed by atoms with Gasteiger partial charge in [0.1, 0.15) is 23.9 Å². The van der Waals surface area contributed by atoms with E-state index in [1.807, 2.05) is 48.5 Å². The molecule has 0 aromatic heterocycles. The van der Waals surface area contributed by atoms with Crippen molar-refractivity contribution in [2.24, 2.45) is 11.8 Å². The lowest BCUT2D eigenvalue weighted by atomic mass is 9.87. The lowest BCUT2D eigenvalue weighted by molar-refractivity contribution is -0.151.